The van der Waals surface area contributed by atoms with E-state index in [0.29, 0.717) is 17.2 Å². The van der Waals surface area contributed by atoms with Gasteiger partial charge in [0.1, 0.15) is 11.6 Å². The molecule has 2 unspecified atom stereocenters. The van der Waals surface area contributed by atoms with Crippen molar-refractivity contribution in [3.8, 4) is 5.75 Å². The number of hydrogen-bond donors (Lipinski definition) is 1. The predicted molar refractivity (Wildman–Crippen MR) is 78.0 cm³/mol. The van der Waals surface area contributed by atoms with E-state index >= 15 is 0 Å². The van der Waals surface area contributed by atoms with Gasteiger partial charge in [-0.3, -0.25) is 0 Å². The van der Waals surface area contributed by atoms with Crippen LogP contribution in [0.5, 0.6) is 5.75 Å². The minimum Gasteiger partial charge on any atom is -0.490 e. The van der Waals surface area contributed by atoms with E-state index in [1.54, 1.807) is 6.07 Å². The van der Waals surface area contributed by atoms with Gasteiger partial charge in [-0.05, 0) is 44.9 Å². The number of hydrogen-bond acceptors (Lipinski definition) is 2. The lowest BCUT2D eigenvalue weighted by molar-refractivity contribution is 0.167. The summed E-state index contributed by atoms with van der Waals surface area (Å²) < 4.78 is 20.0. The standard InChI is InChI=1S/C16H26FNO/c1-6-10-18-12(4)16-14(17)8-7-9-15(16)19-13(5)11(2)3/h7-9,11-13,18H,6,10H2,1-5H3. The molecule has 0 bridgehead atoms. The maximum absolute atomic E-state index is 14.1. The Kier molecular flexibility index (Phi) is 6.29. The van der Waals surface area contributed by atoms with Crippen molar-refractivity contribution in [3.05, 3.63) is 29.6 Å². The number of halogens is 1. The Morgan fingerprint density at radius 1 is 1.21 bits per heavy atom. The van der Waals surface area contributed by atoms with Gasteiger partial charge in [0.25, 0.3) is 0 Å². The van der Waals surface area contributed by atoms with Crippen LogP contribution in [0.1, 0.15) is 52.6 Å². The third-order valence-corrected chi connectivity index (χ3v) is 3.40. The summed E-state index contributed by atoms with van der Waals surface area (Å²) >= 11 is 0. The lowest BCUT2D eigenvalue weighted by Gasteiger charge is -2.23. The van der Waals surface area contributed by atoms with Crippen molar-refractivity contribution >= 4 is 0 Å². The number of rotatable bonds is 7. The molecule has 0 spiro atoms. The van der Waals surface area contributed by atoms with Gasteiger partial charge in [0.05, 0.1) is 6.10 Å². The minimum absolute atomic E-state index is 0.0458. The van der Waals surface area contributed by atoms with Gasteiger partial charge in [0.2, 0.25) is 0 Å². The lowest BCUT2D eigenvalue weighted by atomic mass is 10.1. The normalized spacial score (nSPS) is 14.5. The van der Waals surface area contributed by atoms with Gasteiger partial charge in [-0.15, -0.1) is 0 Å². The summed E-state index contributed by atoms with van der Waals surface area (Å²) in [5.74, 6) is 0.844. The second-order valence-electron chi connectivity index (χ2n) is 5.39. The van der Waals surface area contributed by atoms with Crippen LogP contribution in [-0.2, 0) is 0 Å². The zero-order valence-corrected chi connectivity index (χ0v) is 12.7. The Balaban J connectivity index is 2.94. The molecule has 1 aromatic carbocycles. The maximum Gasteiger partial charge on any atom is 0.131 e. The van der Waals surface area contributed by atoms with E-state index in [9.17, 15) is 4.39 Å². The van der Waals surface area contributed by atoms with Crippen molar-refractivity contribution in [2.45, 2.75) is 53.2 Å². The third-order valence-electron chi connectivity index (χ3n) is 3.40. The Morgan fingerprint density at radius 3 is 2.47 bits per heavy atom. The van der Waals surface area contributed by atoms with E-state index in [1.807, 2.05) is 19.9 Å². The molecule has 0 radical (unpaired) electrons. The number of ether oxygens (including phenoxy) is 1. The van der Waals surface area contributed by atoms with Gasteiger partial charge in [-0.1, -0.05) is 26.8 Å². The van der Waals surface area contributed by atoms with Gasteiger partial charge >= 0.3 is 0 Å². The molecule has 0 heterocycles. The summed E-state index contributed by atoms with van der Waals surface area (Å²) in [5, 5.41) is 3.31. The number of benzene rings is 1. The Labute approximate surface area is 116 Å². The monoisotopic (exact) mass is 267 g/mol. The van der Waals surface area contributed by atoms with E-state index < -0.39 is 0 Å². The summed E-state index contributed by atoms with van der Waals surface area (Å²) in [6.07, 6.45) is 1.09. The fourth-order valence-corrected chi connectivity index (χ4v) is 1.84. The zero-order chi connectivity index (χ0) is 14.4. The van der Waals surface area contributed by atoms with E-state index in [1.165, 1.54) is 6.07 Å². The highest BCUT2D eigenvalue weighted by Gasteiger charge is 2.18. The summed E-state index contributed by atoms with van der Waals surface area (Å²) in [5.41, 5.74) is 0.628. The Hall–Kier alpha value is -1.09. The first kappa shape index (κ1) is 16.0. The topological polar surface area (TPSA) is 21.3 Å². The SMILES string of the molecule is CCCNC(C)c1c(F)cccc1OC(C)C(C)C. The first-order valence-electron chi connectivity index (χ1n) is 7.15. The molecule has 1 rings (SSSR count). The highest BCUT2D eigenvalue weighted by Crippen LogP contribution is 2.29. The van der Waals surface area contributed by atoms with Gasteiger partial charge in [0, 0.05) is 11.6 Å². The molecule has 0 saturated carbocycles. The minimum atomic E-state index is -0.204. The molecule has 1 aromatic rings. The van der Waals surface area contributed by atoms with Crippen LogP contribution in [0.3, 0.4) is 0 Å². The third kappa shape index (κ3) is 4.50. The highest BCUT2D eigenvalue weighted by molar-refractivity contribution is 5.37. The largest absolute Gasteiger partial charge is 0.490 e. The molecule has 0 aromatic heterocycles. The van der Waals surface area contributed by atoms with Crippen LogP contribution >= 0.6 is 0 Å². The molecule has 19 heavy (non-hydrogen) atoms. The van der Waals surface area contributed by atoms with Crippen LogP contribution < -0.4 is 10.1 Å². The van der Waals surface area contributed by atoms with Gasteiger partial charge < -0.3 is 10.1 Å². The molecular weight excluding hydrogens is 241 g/mol. The fraction of sp³-hybridized carbons (Fsp3) is 0.625. The average molecular weight is 267 g/mol. The smallest absolute Gasteiger partial charge is 0.131 e. The van der Waals surface area contributed by atoms with Crippen molar-refractivity contribution in [2.75, 3.05) is 6.54 Å². The van der Waals surface area contributed by atoms with Crippen LogP contribution in [0, 0.1) is 11.7 Å². The molecule has 0 fully saturated rings. The van der Waals surface area contributed by atoms with E-state index in [-0.39, 0.29) is 18.0 Å². The molecule has 1 N–H and O–H groups in total. The molecule has 108 valence electrons. The van der Waals surface area contributed by atoms with Gasteiger partial charge in [-0.25, -0.2) is 4.39 Å². The molecule has 2 nitrogen and oxygen atoms in total. The molecule has 0 saturated heterocycles. The van der Waals surface area contributed by atoms with Crippen molar-refractivity contribution < 1.29 is 9.13 Å². The second-order valence-corrected chi connectivity index (χ2v) is 5.39. The molecule has 0 amide bonds. The lowest BCUT2D eigenvalue weighted by Crippen LogP contribution is -2.24. The Bertz CT molecular complexity index is 392. The van der Waals surface area contributed by atoms with E-state index in [2.05, 4.69) is 26.1 Å². The first-order valence-corrected chi connectivity index (χ1v) is 7.15. The van der Waals surface area contributed by atoms with Crippen LogP contribution in [-0.4, -0.2) is 12.6 Å². The zero-order valence-electron chi connectivity index (χ0n) is 12.7. The van der Waals surface area contributed by atoms with Gasteiger partial charge in [0.15, 0.2) is 0 Å². The van der Waals surface area contributed by atoms with Gasteiger partial charge in [-0.2, -0.15) is 0 Å². The summed E-state index contributed by atoms with van der Waals surface area (Å²) in [4.78, 5) is 0. The van der Waals surface area contributed by atoms with E-state index in [4.69, 9.17) is 4.74 Å². The maximum atomic E-state index is 14.1. The molecule has 0 aliphatic heterocycles. The van der Waals surface area contributed by atoms with Crippen LogP contribution in [0.4, 0.5) is 4.39 Å². The van der Waals surface area contributed by atoms with Crippen molar-refractivity contribution in [2.24, 2.45) is 5.92 Å². The Morgan fingerprint density at radius 2 is 1.89 bits per heavy atom. The second kappa shape index (κ2) is 7.49. The van der Waals surface area contributed by atoms with E-state index in [0.717, 1.165) is 13.0 Å². The van der Waals surface area contributed by atoms with Crippen LogP contribution in [0.15, 0.2) is 18.2 Å². The van der Waals surface area contributed by atoms with Crippen LogP contribution in [0.25, 0.3) is 0 Å². The highest BCUT2D eigenvalue weighted by atomic mass is 19.1. The molecule has 2 atom stereocenters. The average Bonchev–Trinajstić information content (AvgIpc) is 2.36. The van der Waals surface area contributed by atoms with Crippen molar-refractivity contribution in [1.29, 1.82) is 0 Å². The predicted octanol–water partition coefficient (Wildman–Crippen LogP) is 4.31. The molecule has 3 heteroatoms. The van der Waals surface area contributed by atoms with Crippen molar-refractivity contribution in [1.82, 2.24) is 5.32 Å². The summed E-state index contributed by atoms with van der Waals surface area (Å²) in [6.45, 7) is 11.2. The fourth-order valence-electron chi connectivity index (χ4n) is 1.84. The summed E-state index contributed by atoms with van der Waals surface area (Å²) in [6, 6.07) is 5.00. The molecule has 0 aliphatic carbocycles. The molecular formula is C16H26FNO. The molecule has 0 aliphatic rings. The number of nitrogens with one attached hydrogen (secondary N) is 1. The summed E-state index contributed by atoms with van der Waals surface area (Å²) in [7, 11) is 0. The van der Waals surface area contributed by atoms with Crippen LogP contribution in [0.2, 0.25) is 0 Å². The quantitative estimate of drug-likeness (QED) is 0.795. The van der Waals surface area contributed by atoms with Crippen molar-refractivity contribution in [3.63, 3.8) is 0 Å². The first-order chi connectivity index (χ1) is 8.97.